The number of fused-ring (bicyclic) bond motifs is 5. The Bertz CT molecular complexity index is 957. The Morgan fingerprint density at radius 1 is 1.11 bits per heavy atom. The molecule has 3 unspecified atom stereocenters. The van der Waals surface area contributed by atoms with Crippen LogP contribution >= 0.6 is 0 Å². The van der Waals surface area contributed by atoms with Crippen molar-refractivity contribution in [2.24, 2.45) is 45.3 Å². The molecule has 196 valence electrons. The molecule has 0 aliphatic heterocycles. The summed E-state index contributed by atoms with van der Waals surface area (Å²) in [5.74, 6) is -0.966. The number of rotatable bonds is 6. The van der Waals surface area contributed by atoms with Gasteiger partial charge in [-0.1, -0.05) is 72.8 Å². The highest BCUT2D eigenvalue weighted by atomic mass is 16.4. The van der Waals surface area contributed by atoms with Crippen molar-refractivity contribution in [3.05, 3.63) is 35.5 Å². The fourth-order valence-corrected chi connectivity index (χ4v) is 8.90. The summed E-state index contributed by atoms with van der Waals surface area (Å²) in [7, 11) is 0. The fourth-order valence-electron chi connectivity index (χ4n) is 8.90. The van der Waals surface area contributed by atoms with Crippen molar-refractivity contribution in [3.63, 3.8) is 0 Å². The van der Waals surface area contributed by atoms with Crippen LogP contribution in [0.25, 0.3) is 0 Å². The predicted molar refractivity (Wildman–Crippen MR) is 141 cm³/mol. The summed E-state index contributed by atoms with van der Waals surface area (Å²) in [6, 6.07) is 0. The maximum absolute atomic E-state index is 12.6. The zero-order valence-electron chi connectivity index (χ0n) is 23.0. The van der Waals surface area contributed by atoms with Gasteiger partial charge in [-0.25, -0.2) is 0 Å². The zero-order valence-corrected chi connectivity index (χ0v) is 23.0. The topological polar surface area (TPSA) is 77.8 Å². The van der Waals surface area contributed by atoms with Crippen LogP contribution in [0.3, 0.4) is 0 Å². The number of allylic oxidation sites excluding steroid dienone is 5. The zero-order chi connectivity index (χ0) is 26.1. The van der Waals surface area contributed by atoms with Gasteiger partial charge >= 0.3 is 5.97 Å². The Kier molecular flexibility index (Phi) is 6.54. The number of carboxylic acids is 1. The Labute approximate surface area is 212 Å². The maximum atomic E-state index is 12.6. The first kappa shape index (κ1) is 26.7. The van der Waals surface area contributed by atoms with Gasteiger partial charge in [0, 0.05) is 11.3 Å². The number of carboxylic acid groups (broad SMARTS) is 1. The largest absolute Gasteiger partial charge is 0.481 e. The van der Waals surface area contributed by atoms with Gasteiger partial charge in [0.1, 0.15) is 0 Å². The molecule has 0 aromatic carbocycles. The number of aliphatic hydroxyl groups excluding tert-OH is 2. The monoisotopic (exact) mass is 484 g/mol. The summed E-state index contributed by atoms with van der Waals surface area (Å²) in [5, 5.41) is 32.6. The second-order valence-corrected chi connectivity index (χ2v) is 13.9. The summed E-state index contributed by atoms with van der Waals surface area (Å²) in [6.07, 6.45) is 9.19. The third-order valence-corrected chi connectivity index (χ3v) is 11.6. The molecule has 0 heterocycles. The molecule has 2 fully saturated rings. The van der Waals surface area contributed by atoms with Gasteiger partial charge < -0.3 is 15.3 Å². The molecule has 4 aliphatic rings. The summed E-state index contributed by atoms with van der Waals surface area (Å²) < 4.78 is 0. The van der Waals surface area contributed by atoms with E-state index >= 15 is 0 Å². The van der Waals surface area contributed by atoms with Gasteiger partial charge in [0.05, 0.1) is 18.1 Å². The third-order valence-electron chi connectivity index (χ3n) is 11.6. The molecule has 0 bridgehead atoms. The molecule has 0 aromatic heterocycles. The van der Waals surface area contributed by atoms with E-state index in [2.05, 4.69) is 67.2 Å². The third kappa shape index (κ3) is 3.72. The van der Waals surface area contributed by atoms with Crippen molar-refractivity contribution < 1.29 is 20.1 Å². The first-order valence-electron chi connectivity index (χ1n) is 13.8. The van der Waals surface area contributed by atoms with Crippen molar-refractivity contribution >= 4 is 5.97 Å². The summed E-state index contributed by atoms with van der Waals surface area (Å²) in [6.45, 7) is 19.7. The van der Waals surface area contributed by atoms with E-state index in [1.807, 2.05) is 0 Å². The smallest absolute Gasteiger partial charge is 0.306 e. The van der Waals surface area contributed by atoms with E-state index in [9.17, 15) is 20.1 Å². The SMILES string of the molecule is C=C(CC[C@@H](C(=O)O)[C@H]1C(O)C[C@@]2(C)C3=CCC4C(C)(C)C(O)CC[C@]4(C)C3=CC[C@]12C)C(C)C. The lowest BCUT2D eigenvalue weighted by Gasteiger charge is -2.61. The summed E-state index contributed by atoms with van der Waals surface area (Å²) in [5.41, 5.74) is 3.09. The summed E-state index contributed by atoms with van der Waals surface area (Å²) in [4.78, 5) is 12.6. The van der Waals surface area contributed by atoms with Crippen LogP contribution in [0.1, 0.15) is 93.4 Å². The van der Waals surface area contributed by atoms with Crippen molar-refractivity contribution in [2.75, 3.05) is 0 Å². The van der Waals surface area contributed by atoms with Crippen molar-refractivity contribution in [1.29, 1.82) is 0 Å². The van der Waals surface area contributed by atoms with Gasteiger partial charge in [-0.15, -0.1) is 0 Å². The number of aliphatic carboxylic acids is 1. The van der Waals surface area contributed by atoms with Crippen LogP contribution in [0.5, 0.6) is 0 Å². The minimum atomic E-state index is -0.793. The second-order valence-electron chi connectivity index (χ2n) is 13.9. The number of hydrogen-bond donors (Lipinski definition) is 3. The fraction of sp³-hybridized carbons (Fsp3) is 0.774. The Morgan fingerprint density at radius 3 is 2.37 bits per heavy atom. The first-order chi connectivity index (χ1) is 16.1. The number of hydrogen-bond acceptors (Lipinski definition) is 3. The van der Waals surface area contributed by atoms with Crippen LogP contribution in [0.4, 0.5) is 0 Å². The lowest BCUT2D eigenvalue weighted by molar-refractivity contribution is -0.148. The molecule has 8 atom stereocenters. The van der Waals surface area contributed by atoms with Crippen LogP contribution in [-0.4, -0.2) is 33.5 Å². The molecule has 0 spiro atoms. The molecular formula is C31H48O4. The molecule has 0 saturated heterocycles. The van der Waals surface area contributed by atoms with Crippen LogP contribution in [0.2, 0.25) is 0 Å². The van der Waals surface area contributed by atoms with Crippen LogP contribution < -0.4 is 0 Å². The van der Waals surface area contributed by atoms with Gasteiger partial charge in [0.25, 0.3) is 0 Å². The average molecular weight is 485 g/mol. The van der Waals surface area contributed by atoms with Gasteiger partial charge in [-0.2, -0.15) is 0 Å². The van der Waals surface area contributed by atoms with E-state index in [0.29, 0.717) is 31.1 Å². The van der Waals surface area contributed by atoms with Crippen molar-refractivity contribution in [1.82, 2.24) is 0 Å². The minimum absolute atomic E-state index is 0.00139. The van der Waals surface area contributed by atoms with E-state index in [1.165, 1.54) is 11.1 Å². The van der Waals surface area contributed by atoms with E-state index in [-0.39, 0.29) is 33.7 Å². The van der Waals surface area contributed by atoms with Gasteiger partial charge in [0.15, 0.2) is 0 Å². The Morgan fingerprint density at radius 2 is 1.77 bits per heavy atom. The van der Waals surface area contributed by atoms with Gasteiger partial charge in [0.2, 0.25) is 0 Å². The maximum Gasteiger partial charge on any atom is 0.306 e. The predicted octanol–water partition coefficient (Wildman–Crippen LogP) is 6.54. The van der Waals surface area contributed by atoms with Gasteiger partial charge in [-0.05, 0) is 84.2 Å². The van der Waals surface area contributed by atoms with E-state index in [0.717, 1.165) is 31.3 Å². The quantitative estimate of drug-likeness (QED) is 0.374. The van der Waals surface area contributed by atoms with E-state index in [4.69, 9.17) is 0 Å². The van der Waals surface area contributed by atoms with E-state index in [1.54, 1.807) is 0 Å². The highest BCUT2D eigenvalue weighted by molar-refractivity contribution is 5.71. The normalized spacial score (nSPS) is 42.9. The second kappa shape index (κ2) is 8.58. The Balaban J connectivity index is 1.72. The molecule has 4 aliphatic carbocycles. The van der Waals surface area contributed by atoms with Crippen LogP contribution in [-0.2, 0) is 4.79 Å². The van der Waals surface area contributed by atoms with Gasteiger partial charge in [-0.3, -0.25) is 4.79 Å². The molecule has 4 rings (SSSR count). The lowest BCUT2D eigenvalue weighted by atomic mass is 9.44. The molecular weight excluding hydrogens is 436 g/mol. The first-order valence-corrected chi connectivity index (χ1v) is 13.8. The highest BCUT2D eigenvalue weighted by Crippen LogP contribution is 2.71. The molecule has 0 aromatic rings. The molecule has 0 amide bonds. The van der Waals surface area contributed by atoms with Crippen molar-refractivity contribution in [2.45, 2.75) is 106 Å². The highest BCUT2D eigenvalue weighted by Gasteiger charge is 2.66. The molecule has 0 radical (unpaired) electrons. The number of aliphatic hydroxyl groups is 2. The van der Waals surface area contributed by atoms with E-state index < -0.39 is 18.0 Å². The number of carbonyl (C=O) groups is 1. The molecule has 2 saturated carbocycles. The molecule has 35 heavy (non-hydrogen) atoms. The molecule has 3 N–H and O–H groups in total. The van der Waals surface area contributed by atoms with Crippen LogP contribution in [0.15, 0.2) is 35.5 Å². The average Bonchev–Trinajstić information content (AvgIpc) is 2.97. The summed E-state index contributed by atoms with van der Waals surface area (Å²) >= 11 is 0. The Hall–Kier alpha value is -1.39. The minimum Gasteiger partial charge on any atom is -0.481 e. The standard InChI is InChI=1S/C31H48O4/c1-18(2)19(3)9-10-20(27(34)35)26-23(32)17-31(8)22-11-12-24-28(4,5)25(33)14-15-29(24,6)21(22)13-16-30(26,31)7/h11,13,18,20,23-26,32-33H,3,9-10,12,14-17H2,1-2,4-8H3,(H,34,35)/t20-,23?,24?,25?,26+,29-,30-,31+/m1/s1. The molecule has 4 nitrogen and oxygen atoms in total. The van der Waals surface area contributed by atoms with Crippen LogP contribution in [0, 0.1) is 45.3 Å². The van der Waals surface area contributed by atoms with Crippen molar-refractivity contribution in [3.8, 4) is 0 Å². The molecule has 4 heteroatoms. The lowest BCUT2D eigenvalue weighted by Crippen LogP contribution is -2.54.